The minimum Gasteiger partial charge on any atom is -0.480 e. The van der Waals surface area contributed by atoms with Crippen molar-refractivity contribution in [1.29, 1.82) is 0 Å². The predicted molar refractivity (Wildman–Crippen MR) is 425 cm³/mol. The number of carbonyl (C=O) groups excluding carboxylic acids is 14. The van der Waals surface area contributed by atoms with Crippen molar-refractivity contribution in [3.05, 3.63) is 144 Å². The topological polar surface area (TPSA) is 613 Å². The number of H-pyrrole nitrogens is 1. The van der Waals surface area contributed by atoms with Crippen LogP contribution in [-0.4, -0.2) is 243 Å². The fourth-order valence-corrected chi connectivity index (χ4v) is 14.3. The standard InChI is InChI=1S/C76H104N18O19S2/c1-41(79)64(100)82-37-61(99)83-58-39-114-115-40-59(76(112)113)92-72(108)57(38-95)91-75(111)63(43(3)97)94-71(107)54(33-46-23-11-6-12-24-46)90-74(110)62(42(2)96)93-66(102)51(28-16-18-30-78)84-69(105)55(34-47-36-81-49-26-14-13-25-48(47)49)88-68(104)53(32-45-21-9-5-10-22-45)86-67(103)52(31-44-19-7-4-8-20-44)87-70(106)56(35-60(80)98)89-65(101)50(85-73(58)109)27-15-17-29-77/h4-14,19-26,36,41-43,50-59,62-63,81,95-97H,15-18,27-35,37-40,77-79H2,1-3H3,(H2,80,98)(H,82,100)(H,83,99)(H,84,105)(H,85,109)(H,86,103)(H,87,106)(H,88,104)(H,89,101)(H,90,110)(H,91,111)(H,92,108)(H,93,102)(H,94,107)(H,112,113)/t41-,42+,43+,50-,51-,52-,53+,54-,55-,56-,57-,58-,59-,62-,63-/m0/s1. The summed E-state index contributed by atoms with van der Waals surface area (Å²) in [4.78, 5) is 217. The van der Waals surface area contributed by atoms with Crippen LogP contribution in [-0.2, 0) is 97.6 Å². The van der Waals surface area contributed by atoms with Crippen molar-refractivity contribution in [1.82, 2.24) is 74.1 Å². The molecule has 1 saturated heterocycles. The van der Waals surface area contributed by atoms with Crippen molar-refractivity contribution >= 4 is 121 Å². The summed E-state index contributed by atoms with van der Waals surface area (Å²) in [7, 11) is 1.49. The van der Waals surface area contributed by atoms with Crippen LogP contribution >= 0.6 is 21.6 Å². The Labute approximate surface area is 670 Å². The second-order valence-corrected chi connectivity index (χ2v) is 30.1. The van der Waals surface area contributed by atoms with Gasteiger partial charge in [-0.15, -0.1) is 0 Å². The molecule has 0 spiro atoms. The number of hydrogen-bond donors (Lipinski definition) is 22. The van der Waals surface area contributed by atoms with E-state index in [1.165, 1.54) is 6.92 Å². The van der Waals surface area contributed by atoms with Gasteiger partial charge in [-0.05, 0) is 101 Å². The van der Waals surface area contributed by atoms with Gasteiger partial charge in [-0.2, -0.15) is 0 Å². The number of aliphatic hydroxyl groups is 3. The molecule has 14 amide bonds. The van der Waals surface area contributed by atoms with Crippen molar-refractivity contribution in [2.45, 2.75) is 182 Å². The lowest BCUT2D eigenvalue weighted by molar-refractivity contribution is -0.142. The summed E-state index contributed by atoms with van der Waals surface area (Å²) in [5.41, 5.74) is 25.6. The molecule has 2 heterocycles. The molecule has 4 aromatic carbocycles. The number of aliphatic hydroxyl groups excluding tert-OH is 3. The van der Waals surface area contributed by atoms with E-state index in [1.54, 1.807) is 121 Å². The van der Waals surface area contributed by atoms with E-state index in [-0.39, 0.29) is 70.9 Å². The highest BCUT2D eigenvalue weighted by atomic mass is 33.1. The molecular weight excluding hydrogens is 1530 g/mol. The van der Waals surface area contributed by atoms with Gasteiger partial charge in [0, 0.05) is 54.3 Å². The highest BCUT2D eigenvalue weighted by Gasteiger charge is 2.40. The number of primary amides is 1. The average Bonchev–Trinajstić information content (AvgIpc) is 1.71. The van der Waals surface area contributed by atoms with Gasteiger partial charge in [-0.3, -0.25) is 67.1 Å². The number of amides is 14. The van der Waals surface area contributed by atoms with Crippen LogP contribution in [0.15, 0.2) is 121 Å². The zero-order valence-corrected chi connectivity index (χ0v) is 65.4. The molecule has 1 aromatic heterocycles. The van der Waals surface area contributed by atoms with E-state index >= 15 is 14.4 Å². The molecule has 26 N–H and O–H groups in total. The van der Waals surface area contributed by atoms with Crippen LogP contribution in [0.3, 0.4) is 0 Å². The third kappa shape index (κ3) is 30.7. The Morgan fingerprint density at radius 1 is 0.470 bits per heavy atom. The first-order chi connectivity index (χ1) is 54.9. The fraction of sp³-hybridized carbons (Fsp3) is 0.461. The van der Waals surface area contributed by atoms with Crippen LogP contribution in [0.1, 0.15) is 88.0 Å². The van der Waals surface area contributed by atoms with Crippen LogP contribution in [0.25, 0.3) is 10.9 Å². The second kappa shape index (κ2) is 47.6. The summed E-state index contributed by atoms with van der Waals surface area (Å²) in [6, 6.07) is 9.57. The van der Waals surface area contributed by atoms with Crippen molar-refractivity contribution in [3.8, 4) is 0 Å². The van der Waals surface area contributed by atoms with Gasteiger partial charge in [0.1, 0.15) is 72.5 Å². The molecule has 624 valence electrons. The molecule has 15 atom stereocenters. The molecule has 0 radical (unpaired) electrons. The molecule has 0 bridgehead atoms. The van der Waals surface area contributed by atoms with Crippen LogP contribution in [0.5, 0.6) is 0 Å². The van der Waals surface area contributed by atoms with Crippen LogP contribution in [0, 0.1) is 0 Å². The Balaban J connectivity index is 1.47. The van der Waals surface area contributed by atoms with Gasteiger partial charge < -0.3 is 117 Å². The molecule has 0 aliphatic carbocycles. The molecule has 1 aliphatic rings. The van der Waals surface area contributed by atoms with Crippen LogP contribution < -0.4 is 92.1 Å². The lowest BCUT2D eigenvalue weighted by Gasteiger charge is -2.29. The number of nitrogens with two attached hydrogens (primary N) is 4. The minimum absolute atomic E-state index is 0.104. The van der Waals surface area contributed by atoms with E-state index in [0.29, 0.717) is 39.6 Å². The van der Waals surface area contributed by atoms with E-state index < -0.39 is 210 Å². The summed E-state index contributed by atoms with van der Waals surface area (Å²) in [6.45, 7) is 1.88. The molecule has 37 nitrogen and oxygen atoms in total. The maximum Gasteiger partial charge on any atom is 0.327 e. The Morgan fingerprint density at radius 3 is 1.30 bits per heavy atom. The van der Waals surface area contributed by atoms with Gasteiger partial charge in [0.05, 0.1) is 37.8 Å². The van der Waals surface area contributed by atoms with Gasteiger partial charge in [-0.25, -0.2) is 4.79 Å². The van der Waals surface area contributed by atoms with Gasteiger partial charge in [-0.1, -0.05) is 131 Å². The number of carboxylic acid groups (broad SMARTS) is 1. The van der Waals surface area contributed by atoms with Gasteiger partial charge in [0.2, 0.25) is 82.7 Å². The average molecular weight is 1640 g/mol. The summed E-state index contributed by atoms with van der Waals surface area (Å²) in [6.07, 6.45) is -3.48. The number of carbonyl (C=O) groups is 15. The number of rotatable bonds is 26. The maximum atomic E-state index is 15.4. The predicted octanol–water partition coefficient (Wildman–Crippen LogP) is -4.91. The highest BCUT2D eigenvalue weighted by molar-refractivity contribution is 8.76. The third-order valence-corrected chi connectivity index (χ3v) is 20.7. The number of aliphatic carboxylic acids is 1. The molecule has 115 heavy (non-hydrogen) atoms. The van der Waals surface area contributed by atoms with Gasteiger partial charge >= 0.3 is 5.97 Å². The van der Waals surface area contributed by atoms with E-state index in [9.17, 15) is 78.0 Å². The largest absolute Gasteiger partial charge is 0.480 e. The summed E-state index contributed by atoms with van der Waals surface area (Å²) in [5, 5.41) is 76.1. The van der Waals surface area contributed by atoms with Gasteiger partial charge in [0.25, 0.3) is 0 Å². The molecule has 1 fully saturated rings. The normalized spacial score (nSPS) is 23.7. The Bertz CT molecular complexity index is 4130. The van der Waals surface area contributed by atoms with E-state index in [1.807, 2.05) is 0 Å². The maximum absolute atomic E-state index is 15.4. The smallest absolute Gasteiger partial charge is 0.327 e. The molecule has 6 rings (SSSR count). The van der Waals surface area contributed by atoms with E-state index in [0.717, 1.165) is 35.4 Å². The van der Waals surface area contributed by atoms with E-state index in [4.69, 9.17) is 22.9 Å². The molecule has 0 saturated carbocycles. The number of unbranched alkanes of at least 4 members (excludes halogenated alkanes) is 2. The van der Waals surface area contributed by atoms with Crippen molar-refractivity contribution in [3.63, 3.8) is 0 Å². The fourth-order valence-electron chi connectivity index (χ4n) is 11.9. The number of benzene rings is 4. The Kier molecular flexibility index (Phi) is 38.4. The summed E-state index contributed by atoms with van der Waals surface area (Å²) in [5.74, 6) is -17.7. The zero-order valence-electron chi connectivity index (χ0n) is 63.8. The number of fused-ring (bicyclic) bond motifs is 1. The number of aromatic amines is 1. The highest BCUT2D eigenvalue weighted by Crippen LogP contribution is 2.25. The monoisotopic (exact) mass is 1640 g/mol. The minimum atomic E-state index is -1.99. The molecule has 0 unspecified atom stereocenters. The summed E-state index contributed by atoms with van der Waals surface area (Å²) < 4.78 is 0. The zero-order chi connectivity index (χ0) is 84.3. The quantitative estimate of drug-likeness (QED) is 0.0182. The van der Waals surface area contributed by atoms with Crippen molar-refractivity contribution < 1.29 is 92.3 Å². The first-order valence-corrected chi connectivity index (χ1v) is 39.8. The number of carboxylic acids is 1. The number of aromatic nitrogens is 1. The third-order valence-electron chi connectivity index (χ3n) is 18.3. The summed E-state index contributed by atoms with van der Waals surface area (Å²) >= 11 is 0. The van der Waals surface area contributed by atoms with Gasteiger partial charge in [0.15, 0.2) is 0 Å². The lowest BCUT2D eigenvalue weighted by atomic mass is 10.00. The molecule has 1 aliphatic heterocycles. The van der Waals surface area contributed by atoms with Crippen molar-refractivity contribution in [2.24, 2.45) is 22.9 Å². The van der Waals surface area contributed by atoms with Crippen LogP contribution in [0.4, 0.5) is 0 Å². The molecule has 5 aromatic rings. The first-order valence-electron chi connectivity index (χ1n) is 37.4. The Morgan fingerprint density at radius 2 is 0.852 bits per heavy atom. The lowest BCUT2D eigenvalue weighted by Crippen LogP contribution is -2.63. The number of nitrogens with one attached hydrogen (secondary N) is 14. The van der Waals surface area contributed by atoms with E-state index in [2.05, 4.69) is 74.1 Å². The first kappa shape index (κ1) is 92.8. The van der Waals surface area contributed by atoms with Crippen LogP contribution in [0.2, 0.25) is 0 Å². The second-order valence-electron chi connectivity index (χ2n) is 27.6. The Hall–Kier alpha value is -11.1. The number of hydrogen-bond acceptors (Lipinski definition) is 23. The SMILES string of the molecule is C[C@H](N)C(=O)NCC(=O)N[C@H]1CSSC[C@@H](C(=O)O)NC(=O)[C@H](CO)NC(=O)[C@H]([C@@H](C)O)NC(=O)[C@H](Cc2ccccc2)NC(=O)[C@H]([C@@H](C)O)NC(=O)[C@H](CCCCN)NC(=O)[C@H](Cc2c[nH]c3ccccc23)NC(=O)[C@@H](Cc2ccccc2)NC(=O)[C@H](Cc2ccccc2)NC(=O)[C@H](CC(N)=O)NC(=O)[C@H](CCCCN)NC1=O. The van der Waals surface area contributed by atoms with Crippen molar-refractivity contribution in [2.75, 3.05) is 37.7 Å². The number of para-hydroxylation sites is 1. The molecular formula is C76H104N18O19S2. The molecule has 39 heteroatoms.